The summed E-state index contributed by atoms with van der Waals surface area (Å²) in [6, 6.07) is 0. The predicted octanol–water partition coefficient (Wildman–Crippen LogP) is 2.97. The highest BCUT2D eigenvalue weighted by Gasteiger charge is 2.34. The van der Waals surface area contributed by atoms with Gasteiger partial charge in [0.1, 0.15) is 5.78 Å². The second-order valence-electron chi connectivity index (χ2n) is 7.64. The maximum absolute atomic E-state index is 12.9. The summed E-state index contributed by atoms with van der Waals surface area (Å²) >= 11 is 1.65. The first-order valence-corrected chi connectivity index (χ1v) is 10.1. The average molecular weight is 360 g/mol. The Hall–Kier alpha value is -1.69. The van der Waals surface area contributed by atoms with Crippen molar-refractivity contribution in [1.82, 2.24) is 5.32 Å². The van der Waals surface area contributed by atoms with E-state index in [1.807, 2.05) is 0 Å². The molecule has 1 unspecified atom stereocenters. The van der Waals surface area contributed by atoms with Crippen molar-refractivity contribution in [3.8, 4) is 0 Å². The largest absolute Gasteiger partial charge is 0.411 e. The fourth-order valence-corrected chi connectivity index (χ4v) is 4.99. The van der Waals surface area contributed by atoms with Crippen LogP contribution in [0.3, 0.4) is 0 Å². The van der Waals surface area contributed by atoms with Crippen LogP contribution in [0.1, 0.15) is 57.8 Å². The molecule has 1 amide bonds. The number of fused-ring (bicyclic) bond motifs is 1. The first kappa shape index (κ1) is 16.8. The highest BCUT2D eigenvalue weighted by molar-refractivity contribution is 7.12. The Kier molecular flexibility index (Phi) is 4.63. The van der Waals surface area contributed by atoms with Crippen LogP contribution in [0.2, 0.25) is 0 Å². The number of aryl methyl sites for hydroxylation is 1. The first-order valence-electron chi connectivity index (χ1n) is 9.27. The van der Waals surface area contributed by atoms with Crippen molar-refractivity contribution in [2.45, 2.75) is 51.4 Å². The molecule has 2 fully saturated rings. The second-order valence-corrected chi connectivity index (χ2v) is 8.83. The van der Waals surface area contributed by atoms with Crippen LogP contribution in [-0.2, 0) is 24.1 Å². The monoisotopic (exact) mass is 360 g/mol. The molecular weight excluding hydrogens is 336 g/mol. The summed E-state index contributed by atoms with van der Waals surface area (Å²) in [6.45, 7) is 0.737. The normalized spacial score (nSPS) is 22.8. The molecule has 134 valence electrons. The van der Waals surface area contributed by atoms with E-state index in [0.29, 0.717) is 12.3 Å². The summed E-state index contributed by atoms with van der Waals surface area (Å²) in [5.74, 6) is 1.27. The van der Waals surface area contributed by atoms with Crippen LogP contribution in [0, 0.1) is 17.8 Å². The Bertz CT molecular complexity index is 716. The van der Waals surface area contributed by atoms with Crippen LogP contribution < -0.4 is 5.32 Å². The molecule has 0 spiro atoms. The van der Waals surface area contributed by atoms with Gasteiger partial charge in [0.2, 0.25) is 0 Å². The van der Waals surface area contributed by atoms with Gasteiger partial charge >= 0.3 is 0 Å². The molecule has 0 radical (unpaired) electrons. The van der Waals surface area contributed by atoms with E-state index in [1.165, 1.54) is 17.7 Å². The molecule has 1 heterocycles. The summed E-state index contributed by atoms with van der Waals surface area (Å²) in [5.41, 5.74) is 1.82. The van der Waals surface area contributed by atoms with Gasteiger partial charge in [-0.25, -0.2) is 0 Å². The number of nitrogens with one attached hydrogen (secondary N) is 1. The van der Waals surface area contributed by atoms with Gasteiger partial charge in [0.15, 0.2) is 0 Å². The van der Waals surface area contributed by atoms with E-state index in [9.17, 15) is 9.59 Å². The van der Waals surface area contributed by atoms with Crippen molar-refractivity contribution in [2.75, 3.05) is 6.54 Å². The number of nitrogens with zero attached hydrogens (tertiary/aromatic N) is 1. The van der Waals surface area contributed by atoms with Crippen molar-refractivity contribution in [3.63, 3.8) is 0 Å². The lowest BCUT2D eigenvalue weighted by atomic mass is 9.86. The summed E-state index contributed by atoms with van der Waals surface area (Å²) in [6.07, 6.45) is 8.90. The van der Waals surface area contributed by atoms with Crippen LogP contribution in [0.4, 0.5) is 0 Å². The lowest BCUT2D eigenvalue weighted by Gasteiger charge is -2.19. The minimum Gasteiger partial charge on any atom is -0.411 e. The van der Waals surface area contributed by atoms with Crippen LogP contribution in [0.25, 0.3) is 0 Å². The van der Waals surface area contributed by atoms with E-state index in [-0.39, 0.29) is 23.5 Å². The summed E-state index contributed by atoms with van der Waals surface area (Å²) in [4.78, 5) is 27.4. The van der Waals surface area contributed by atoms with Gasteiger partial charge in [-0.05, 0) is 56.4 Å². The summed E-state index contributed by atoms with van der Waals surface area (Å²) in [7, 11) is 0. The number of Topliss-reactive ketones (excluding diaryl/α,β-unsaturated/α-hetero) is 1. The van der Waals surface area contributed by atoms with E-state index < -0.39 is 0 Å². The molecule has 1 aromatic rings. The molecule has 2 saturated carbocycles. The van der Waals surface area contributed by atoms with Crippen LogP contribution in [-0.4, -0.2) is 29.7 Å². The number of carbonyl (C=O) groups excluding carboxylic acids is 2. The van der Waals surface area contributed by atoms with Gasteiger partial charge in [0, 0.05) is 40.8 Å². The number of amides is 1. The summed E-state index contributed by atoms with van der Waals surface area (Å²) < 4.78 is 0. The molecule has 6 heteroatoms. The van der Waals surface area contributed by atoms with Gasteiger partial charge in [-0.15, -0.1) is 16.5 Å². The van der Waals surface area contributed by atoms with Gasteiger partial charge in [0.25, 0.3) is 5.91 Å². The van der Waals surface area contributed by atoms with Crippen LogP contribution >= 0.6 is 11.3 Å². The maximum atomic E-state index is 12.9. The molecule has 5 nitrogen and oxygen atoms in total. The third-order valence-corrected chi connectivity index (χ3v) is 6.78. The molecule has 0 aromatic carbocycles. The smallest absolute Gasteiger partial charge is 0.252 e. The molecule has 3 aliphatic carbocycles. The number of hydrogen-bond donors (Lipinski definition) is 2. The number of rotatable bonds is 7. The zero-order valence-electron chi connectivity index (χ0n) is 14.3. The van der Waals surface area contributed by atoms with Gasteiger partial charge < -0.3 is 10.5 Å². The summed E-state index contributed by atoms with van der Waals surface area (Å²) in [5, 5.41) is 15.1. The lowest BCUT2D eigenvalue weighted by molar-refractivity contribution is -0.119. The maximum Gasteiger partial charge on any atom is 0.252 e. The average Bonchev–Trinajstić information content (AvgIpc) is 3.49. The molecule has 0 aliphatic heterocycles. The minimum absolute atomic E-state index is 0.0235. The van der Waals surface area contributed by atoms with E-state index >= 15 is 0 Å². The quantitative estimate of drug-likeness (QED) is 0.446. The highest BCUT2D eigenvalue weighted by Crippen LogP contribution is 2.39. The Morgan fingerprint density at radius 2 is 2.04 bits per heavy atom. The number of carbonyl (C=O) groups is 2. The molecule has 4 rings (SSSR count). The van der Waals surface area contributed by atoms with E-state index in [4.69, 9.17) is 5.21 Å². The fraction of sp³-hybridized carbons (Fsp3) is 0.632. The van der Waals surface area contributed by atoms with Gasteiger partial charge in [-0.2, -0.15) is 0 Å². The Balaban J connectivity index is 1.60. The lowest BCUT2D eigenvalue weighted by Crippen LogP contribution is -2.28. The number of ketones is 1. The number of thiophene rings is 1. The molecular formula is C19H24N2O3S. The van der Waals surface area contributed by atoms with Gasteiger partial charge in [0.05, 0.1) is 5.56 Å². The minimum atomic E-state index is -0.0235. The van der Waals surface area contributed by atoms with Crippen molar-refractivity contribution < 1.29 is 14.8 Å². The van der Waals surface area contributed by atoms with Crippen molar-refractivity contribution in [1.29, 1.82) is 0 Å². The molecule has 3 aliphatic rings. The van der Waals surface area contributed by atoms with Crippen LogP contribution in [0.5, 0.6) is 0 Å². The van der Waals surface area contributed by atoms with E-state index in [0.717, 1.165) is 54.7 Å². The Morgan fingerprint density at radius 1 is 1.24 bits per heavy atom. The topological polar surface area (TPSA) is 78.8 Å². The van der Waals surface area contributed by atoms with Crippen molar-refractivity contribution in [3.05, 3.63) is 20.9 Å². The fourth-order valence-electron chi connectivity index (χ4n) is 3.63. The SMILES string of the molecule is O=C(NCC1CC1)c1c(CC(=O)C2CC2)sc2c1CC(C=NO)CC2. The standard InChI is InChI=1S/C19H24N2O3S/c22-15(13-4-5-13)8-17-18(19(23)20-9-11-1-2-11)14-7-12(10-21-24)3-6-16(14)25-17/h10-13,24H,1-9H2,(H,20,23). The third kappa shape index (κ3) is 3.78. The zero-order chi connectivity index (χ0) is 17.4. The molecule has 25 heavy (non-hydrogen) atoms. The Labute approximate surface area is 151 Å². The van der Waals surface area contributed by atoms with Crippen molar-refractivity contribution >= 4 is 29.2 Å². The molecule has 0 saturated heterocycles. The molecule has 0 bridgehead atoms. The first-order chi connectivity index (χ1) is 12.2. The molecule has 1 aromatic heterocycles. The highest BCUT2D eigenvalue weighted by atomic mass is 32.1. The van der Waals surface area contributed by atoms with Gasteiger partial charge in [-0.3, -0.25) is 9.59 Å². The van der Waals surface area contributed by atoms with Gasteiger partial charge in [-0.1, -0.05) is 0 Å². The molecule has 2 N–H and O–H groups in total. The Morgan fingerprint density at radius 3 is 2.72 bits per heavy atom. The van der Waals surface area contributed by atoms with E-state index in [2.05, 4.69) is 10.5 Å². The molecule has 1 atom stereocenters. The van der Waals surface area contributed by atoms with Crippen LogP contribution in [0.15, 0.2) is 5.16 Å². The van der Waals surface area contributed by atoms with Crippen molar-refractivity contribution in [2.24, 2.45) is 22.9 Å². The predicted molar refractivity (Wildman–Crippen MR) is 96.6 cm³/mol. The van der Waals surface area contributed by atoms with E-state index in [1.54, 1.807) is 17.6 Å². The number of oxime groups is 1. The second kappa shape index (κ2) is 6.90. The third-order valence-electron chi connectivity index (χ3n) is 5.49. The number of hydrogen-bond acceptors (Lipinski definition) is 5. The zero-order valence-corrected chi connectivity index (χ0v) is 15.1.